The Kier molecular flexibility index (Phi) is 3.93. The Morgan fingerprint density at radius 3 is 2.07 bits per heavy atom. The molecule has 0 bridgehead atoms. The minimum Gasteiger partial charge on any atom is -0.479 e. The van der Waals surface area contributed by atoms with Gasteiger partial charge in [0.15, 0.2) is 6.10 Å². The van der Waals surface area contributed by atoms with Gasteiger partial charge in [-0.1, -0.05) is 29.3 Å². The van der Waals surface area contributed by atoms with Crippen molar-refractivity contribution in [2.75, 3.05) is 0 Å². The number of hydrogen-bond donors (Lipinski definition) is 3. The molecule has 0 aliphatic rings. The molecule has 0 saturated carbocycles. The van der Waals surface area contributed by atoms with E-state index in [1.165, 1.54) is 12.1 Å². The lowest BCUT2D eigenvalue weighted by Crippen LogP contribution is -2.27. The highest BCUT2D eigenvalue weighted by atomic mass is 35.5. The molecule has 0 radical (unpaired) electrons. The van der Waals surface area contributed by atoms with E-state index in [0.29, 0.717) is 0 Å². The molecule has 0 aliphatic heterocycles. The van der Waals surface area contributed by atoms with Gasteiger partial charge in [0.05, 0.1) is 0 Å². The van der Waals surface area contributed by atoms with Gasteiger partial charge in [-0.15, -0.1) is 0 Å². The average Bonchev–Trinajstić information content (AvgIpc) is 2.15. The molecule has 15 heavy (non-hydrogen) atoms. The van der Waals surface area contributed by atoms with Crippen LogP contribution in [0.15, 0.2) is 18.2 Å². The van der Waals surface area contributed by atoms with Crippen LogP contribution in [0.2, 0.25) is 10.0 Å². The number of carboxylic acid groups (broad SMARTS) is 1. The molecule has 0 heterocycles. The summed E-state index contributed by atoms with van der Waals surface area (Å²) in [4.78, 5) is 10.4. The molecule has 2 unspecified atom stereocenters. The second-order valence-corrected chi connectivity index (χ2v) is 3.68. The molecule has 0 aliphatic carbocycles. The van der Waals surface area contributed by atoms with E-state index in [2.05, 4.69) is 0 Å². The fourth-order valence-electron chi connectivity index (χ4n) is 1.09. The first-order valence-electron chi connectivity index (χ1n) is 3.98. The van der Waals surface area contributed by atoms with Crippen molar-refractivity contribution in [3.8, 4) is 0 Å². The zero-order chi connectivity index (χ0) is 11.6. The first kappa shape index (κ1) is 12.3. The summed E-state index contributed by atoms with van der Waals surface area (Å²) < 4.78 is 0. The molecule has 3 N–H and O–H groups in total. The maximum absolute atomic E-state index is 10.4. The smallest absolute Gasteiger partial charge is 0.335 e. The molecular formula is C9H8Cl2O4. The van der Waals surface area contributed by atoms with E-state index in [9.17, 15) is 9.90 Å². The van der Waals surface area contributed by atoms with Crippen LogP contribution >= 0.6 is 23.2 Å². The monoisotopic (exact) mass is 250 g/mol. The van der Waals surface area contributed by atoms with Crippen LogP contribution in [-0.2, 0) is 4.79 Å². The Bertz CT molecular complexity index is 360. The Labute approximate surface area is 95.7 Å². The predicted octanol–water partition coefficient (Wildman–Crippen LogP) is 1.47. The van der Waals surface area contributed by atoms with E-state index >= 15 is 0 Å². The number of rotatable bonds is 3. The van der Waals surface area contributed by atoms with Gasteiger partial charge >= 0.3 is 5.97 Å². The maximum atomic E-state index is 10.4. The first-order valence-corrected chi connectivity index (χ1v) is 4.73. The van der Waals surface area contributed by atoms with Gasteiger partial charge in [-0.05, 0) is 12.1 Å². The normalized spacial score (nSPS) is 14.7. The molecule has 0 fully saturated rings. The molecule has 1 aromatic carbocycles. The van der Waals surface area contributed by atoms with Crippen LogP contribution in [0, 0.1) is 0 Å². The second-order valence-electron chi connectivity index (χ2n) is 2.86. The molecule has 1 aromatic rings. The Hall–Kier alpha value is -0.810. The fourth-order valence-corrected chi connectivity index (χ4v) is 1.71. The topological polar surface area (TPSA) is 77.8 Å². The number of carbonyl (C=O) groups is 1. The lowest BCUT2D eigenvalue weighted by atomic mass is 10.0. The third kappa shape index (κ3) is 2.60. The molecule has 4 nitrogen and oxygen atoms in total. The van der Waals surface area contributed by atoms with Gasteiger partial charge in [0.2, 0.25) is 0 Å². The van der Waals surface area contributed by atoms with Crippen molar-refractivity contribution in [1.29, 1.82) is 0 Å². The minimum atomic E-state index is -1.96. The van der Waals surface area contributed by atoms with Gasteiger partial charge < -0.3 is 15.3 Å². The molecule has 2 atom stereocenters. The Morgan fingerprint density at radius 2 is 1.67 bits per heavy atom. The van der Waals surface area contributed by atoms with E-state index in [1.54, 1.807) is 6.07 Å². The number of halogens is 2. The fraction of sp³-hybridized carbons (Fsp3) is 0.222. The highest BCUT2D eigenvalue weighted by Crippen LogP contribution is 2.31. The van der Waals surface area contributed by atoms with Gasteiger partial charge in [-0.2, -0.15) is 0 Å². The van der Waals surface area contributed by atoms with Crippen molar-refractivity contribution in [3.05, 3.63) is 33.8 Å². The van der Waals surface area contributed by atoms with Crippen LogP contribution in [-0.4, -0.2) is 27.4 Å². The van der Waals surface area contributed by atoms with E-state index in [1.807, 2.05) is 0 Å². The summed E-state index contributed by atoms with van der Waals surface area (Å²) in [6.45, 7) is 0. The average molecular weight is 251 g/mol. The summed E-state index contributed by atoms with van der Waals surface area (Å²) in [5.41, 5.74) is 0.00994. The lowest BCUT2D eigenvalue weighted by Gasteiger charge is -2.16. The van der Waals surface area contributed by atoms with Gasteiger partial charge in [-0.25, -0.2) is 4.79 Å². The molecule has 0 amide bonds. The predicted molar refractivity (Wildman–Crippen MR) is 55.1 cm³/mol. The van der Waals surface area contributed by atoms with E-state index in [-0.39, 0.29) is 15.6 Å². The first-order chi connectivity index (χ1) is 6.95. The third-order valence-electron chi connectivity index (χ3n) is 1.85. The summed E-state index contributed by atoms with van der Waals surface area (Å²) >= 11 is 11.4. The van der Waals surface area contributed by atoms with E-state index in [0.717, 1.165) is 0 Å². The maximum Gasteiger partial charge on any atom is 0.335 e. The second kappa shape index (κ2) is 4.81. The largest absolute Gasteiger partial charge is 0.479 e. The summed E-state index contributed by atoms with van der Waals surface area (Å²) in [6.07, 6.45) is -3.61. The third-order valence-corrected chi connectivity index (χ3v) is 2.51. The van der Waals surface area contributed by atoms with Crippen LogP contribution in [0.3, 0.4) is 0 Å². The summed E-state index contributed by atoms with van der Waals surface area (Å²) in [5.74, 6) is -1.54. The number of benzene rings is 1. The Balaban J connectivity index is 3.10. The van der Waals surface area contributed by atoms with Crippen LogP contribution in [0.25, 0.3) is 0 Å². The van der Waals surface area contributed by atoms with Gasteiger partial charge in [-0.3, -0.25) is 0 Å². The van der Waals surface area contributed by atoms with Crippen LogP contribution in [0.1, 0.15) is 11.7 Å². The molecule has 0 saturated heterocycles. The van der Waals surface area contributed by atoms with Crippen LogP contribution < -0.4 is 0 Å². The number of hydrogen-bond acceptors (Lipinski definition) is 3. The molecule has 82 valence electrons. The highest BCUT2D eigenvalue weighted by molar-refractivity contribution is 6.36. The van der Waals surface area contributed by atoms with Crippen molar-refractivity contribution in [2.45, 2.75) is 12.2 Å². The van der Waals surface area contributed by atoms with Crippen molar-refractivity contribution in [3.63, 3.8) is 0 Å². The standard InChI is InChI=1S/C9H8Cl2O4/c10-4-2-1-3-5(11)6(4)7(12)8(13)9(14)15/h1-3,7-8,12-13H,(H,14,15). The number of aliphatic hydroxyl groups is 2. The van der Waals surface area contributed by atoms with Crippen LogP contribution in [0.5, 0.6) is 0 Å². The number of carboxylic acids is 1. The number of aliphatic carboxylic acids is 1. The minimum absolute atomic E-state index is 0.00994. The van der Waals surface area contributed by atoms with E-state index < -0.39 is 18.2 Å². The van der Waals surface area contributed by atoms with Gasteiger partial charge in [0.25, 0.3) is 0 Å². The zero-order valence-electron chi connectivity index (χ0n) is 7.39. The van der Waals surface area contributed by atoms with Crippen LogP contribution in [0.4, 0.5) is 0 Å². The lowest BCUT2D eigenvalue weighted by molar-refractivity contribution is -0.153. The summed E-state index contributed by atoms with van der Waals surface area (Å²) in [7, 11) is 0. The molecule has 0 aromatic heterocycles. The zero-order valence-corrected chi connectivity index (χ0v) is 8.90. The highest BCUT2D eigenvalue weighted by Gasteiger charge is 2.28. The molecule has 0 spiro atoms. The van der Waals surface area contributed by atoms with Gasteiger partial charge in [0, 0.05) is 15.6 Å². The van der Waals surface area contributed by atoms with Crippen molar-refractivity contribution < 1.29 is 20.1 Å². The molecule has 6 heteroatoms. The van der Waals surface area contributed by atoms with Crippen molar-refractivity contribution >= 4 is 29.2 Å². The molecule has 1 rings (SSSR count). The number of aliphatic hydroxyl groups excluding tert-OH is 2. The summed E-state index contributed by atoms with van der Waals surface area (Å²) in [6, 6.07) is 4.44. The summed E-state index contributed by atoms with van der Waals surface area (Å²) in [5, 5.41) is 27.4. The SMILES string of the molecule is O=C(O)C(O)C(O)c1c(Cl)cccc1Cl. The quantitative estimate of drug-likeness (QED) is 0.760. The van der Waals surface area contributed by atoms with Crippen molar-refractivity contribution in [1.82, 2.24) is 0 Å². The van der Waals surface area contributed by atoms with E-state index in [4.69, 9.17) is 33.4 Å². The van der Waals surface area contributed by atoms with Gasteiger partial charge in [0.1, 0.15) is 6.10 Å². The Morgan fingerprint density at radius 1 is 1.20 bits per heavy atom. The molecular weight excluding hydrogens is 243 g/mol. The van der Waals surface area contributed by atoms with Crippen molar-refractivity contribution in [2.24, 2.45) is 0 Å².